The Morgan fingerprint density at radius 3 is 1.50 bits per heavy atom. The van der Waals surface area contributed by atoms with Gasteiger partial charge in [0, 0.05) is 44.7 Å². The second-order valence-electron chi connectivity index (χ2n) is 8.47. The Balaban J connectivity index is 2.10. The number of aromatic nitrogens is 2. The van der Waals surface area contributed by atoms with Gasteiger partial charge >= 0.3 is 0 Å². The molecule has 0 saturated carbocycles. The minimum atomic E-state index is 0.310. The van der Waals surface area contributed by atoms with Crippen LogP contribution in [-0.2, 0) is 0 Å². The van der Waals surface area contributed by atoms with Crippen LogP contribution in [0.15, 0.2) is 48.5 Å². The summed E-state index contributed by atoms with van der Waals surface area (Å²) < 4.78 is 4.83. The summed E-state index contributed by atoms with van der Waals surface area (Å²) in [6, 6.07) is 22.0. The molecule has 1 aliphatic rings. The minimum Gasteiger partial charge on any atom is -0.336 e. The number of nitriles is 2. The van der Waals surface area contributed by atoms with Crippen LogP contribution in [0.2, 0.25) is 0 Å². The number of fused-ring (bicyclic) bond motifs is 6. The highest BCUT2D eigenvalue weighted by molar-refractivity contribution is 6.26. The first-order chi connectivity index (χ1) is 14.7. The highest BCUT2D eigenvalue weighted by Crippen LogP contribution is 2.47. The summed E-state index contributed by atoms with van der Waals surface area (Å²) in [5.41, 5.74) is 5.46. The quantitative estimate of drug-likeness (QED) is 0.301. The number of nitrogens with zero attached hydrogens (tertiary/aromatic N) is 4. The lowest BCUT2D eigenvalue weighted by Gasteiger charge is -2.26. The fourth-order valence-corrected chi connectivity index (χ4v) is 5.63. The van der Waals surface area contributed by atoms with Gasteiger partial charge in [0.15, 0.2) is 0 Å². The molecular weight excluding hydrogens is 368 g/mol. The monoisotopic (exact) mass is 388 g/mol. The van der Waals surface area contributed by atoms with Gasteiger partial charge in [-0.25, -0.2) is 0 Å². The molecule has 0 amide bonds. The SMILES string of the molecule is CC1CCC(C)n2c3ccccc3c3c(C#N)c(C#N)c4c5ccccc5n1c4c32. The lowest BCUT2D eigenvalue weighted by Crippen LogP contribution is -2.14. The maximum atomic E-state index is 10.2. The van der Waals surface area contributed by atoms with Crippen LogP contribution in [0.4, 0.5) is 0 Å². The molecule has 0 saturated heterocycles. The predicted molar refractivity (Wildman–Crippen MR) is 121 cm³/mol. The van der Waals surface area contributed by atoms with Gasteiger partial charge < -0.3 is 9.13 Å². The van der Waals surface area contributed by atoms with Crippen molar-refractivity contribution in [1.82, 2.24) is 9.13 Å². The second kappa shape index (κ2) is 5.88. The van der Waals surface area contributed by atoms with Crippen molar-refractivity contribution in [1.29, 1.82) is 10.5 Å². The molecule has 5 aromatic rings. The molecule has 0 aliphatic carbocycles. The van der Waals surface area contributed by atoms with Crippen LogP contribution in [0.1, 0.15) is 49.9 Å². The molecule has 3 aromatic carbocycles. The Labute approximate surface area is 174 Å². The van der Waals surface area contributed by atoms with Gasteiger partial charge in [0.25, 0.3) is 0 Å². The highest BCUT2D eigenvalue weighted by atomic mass is 15.1. The van der Waals surface area contributed by atoms with E-state index in [4.69, 9.17) is 0 Å². The Bertz CT molecular complexity index is 1480. The van der Waals surface area contributed by atoms with Crippen molar-refractivity contribution in [2.24, 2.45) is 0 Å². The van der Waals surface area contributed by atoms with Gasteiger partial charge in [0.1, 0.15) is 12.1 Å². The molecule has 3 heterocycles. The second-order valence-corrected chi connectivity index (χ2v) is 8.47. The molecule has 4 heteroatoms. The first-order valence-corrected chi connectivity index (χ1v) is 10.5. The molecule has 4 nitrogen and oxygen atoms in total. The van der Waals surface area contributed by atoms with Crippen LogP contribution >= 0.6 is 0 Å². The molecule has 0 fully saturated rings. The zero-order valence-corrected chi connectivity index (χ0v) is 17.0. The van der Waals surface area contributed by atoms with E-state index in [-0.39, 0.29) is 0 Å². The van der Waals surface area contributed by atoms with Crippen LogP contribution in [0, 0.1) is 22.7 Å². The van der Waals surface area contributed by atoms with E-state index in [1.807, 2.05) is 12.1 Å². The van der Waals surface area contributed by atoms with Crippen molar-refractivity contribution in [2.45, 2.75) is 38.8 Å². The predicted octanol–water partition coefficient (Wildman–Crippen LogP) is 6.56. The van der Waals surface area contributed by atoms with Gasteiger partial charge in [-0.3, -0.25) is 0 Å². The molecule has 2 atom stereocenters. The Morgan fingerprint density at radius 1 is 0.700 bits per heavy atom. The Morgan fingerprint density at radius 2 is 1.10 bits per heavy atom. The lowest BCUT2D eigenvalue weighted by molar-refractivity contribution is 0.431. The summed E-state index contributed by atoms with van der Waals surface area (Å²) in [6.45, 7) is 4.54. The van der Waals surface area contributed by atoms with E-state index in [9.17, 15) is 10.5 Å². The minimum absolute atomic E-state index is 0.310. The van der Waals surface area contributed by atoms with E-state index >= 15 is 0 Å². The highest BCUT2D eigenvalue weighted by Gasteiger charge is 2.30. The van der Waals surface area contributed by atoms with E-state index in [1.165, 1.54) is 0 Å². The first kappa shape index (κ1) is 17.1. The number of benzene rings is 3. The fraction of sp³-hybridized carbons (Fsp3) is 0.231. The van der Waals surface area contributed by atoms with Crippen LogP contribution in [-0.4, -0.2) is 9.13 Å². The molecule has 0 radical (unpaired) electrons. The van der Waals surface area contributed by atoms with Gasteiger partial charge in [0.2, 0.25) is 0 Å². The van der Waals surface area contributed by atoms with Crippen molar-refractivity contribution < 1.29 is 0 Å². The summed E-state index contributed by atoms with van der Waals surface area (Å²) >= 11 is 0. The van der Waals surface area contributed by atoms with Gasteiger partial charge in [0.05, 0.1) is 22.2 Å². The van der Waals surface area contributed by atoms with Crippen LogP contribution < -0.4 is 0 Å². The van der Waals surface area contributed by atoms with E-state index in [0.717, 1.165) is 56.5 Å². The molecule has 0 spiro atoms. The molecular formula is C26H20N4. The molecule has 30 heavy (non-hydrogen) atoms. The largest absolute Gasteiger partial charge is 0.336 e. The average molecular weight is 388 g/mol. The maximum Gasteiger partial charge on any atom is 0.101 e. The summed E-state index contributed by atoms with van der Waals surface area (Å²) in [5.74, 6) is 0. The maximum absolute atomic E-state index is 10.2. The summed E-state index contributed by atoms with van der Waals surface area (Å²) in [7, 11) is 0. The lowest BCUT2D eigenvalue weighted by atomic mass is 9.96. The van der Waals surface area contributed by atoms with Crippen LogP contribution in [0.3, 0.4) is 0 Å². The van der Waals surface area contributed by atoms with Crippen molar-refractivity contribution in [2.75, 3.05) is 0 Å². The third-order valence-corrected chi connectivity index (χ3v) is 6.90. The topological polar surface area (TPSA) is 57.4 Å². The van der Waals surface area contributed by atoms with E-state index in [1.54, 1.807) is 0 Å². The molecule has 6 rings (SSSR count). The zero-order valence-electron chi connectivity index (χ0n) is 17.0. The van der Waals surface area contributed by atoms with Crippen LogP contribution in [0.25, 0.3) is 43.6 Å². The van der Waals surface area contributed by atoms with Crippen molar-refractivity contribution >= 4 is 43.6 Å². The zero-order chi connectivity index (χ0) is 20.6. The third kappa shape index (κ3) is 1.89. The van der Waals surface area contributed by atoms with Gasteiger partial charge in [-0.15, -0.1) is 0 Å². The molecule has 2 unspecified atom stereocenters. The summed E-state index contributed by atoms with van der Waals surface area (Å²) in [5, 5.41) is 24.3. The third-order valence-electron chi connectivity index (χ3n) is 6.90. The van der Waals surface area contributed by atoms with E-state index < -0.39 is 0 Å². The number of rotatable bonds is 0. The van der Waals surface area contributed by atoms with Gasteiger partial charge in [-0.2, -0.15) is 10.5 Å². The van der Waals surface area contributed by atoms with Crippen molar-refractivity contribution in [3.8, 4) is 12.1 Å². The smallest absolute Gasteiger partial charge is 0.101 e. The average Bonchev–Trinajstić information content (AvgIpc) is 3.29. The van der Waals surface area contributed by atoms with Crippen molar-refractivity contribution in [3.63, 3.8) is 0 Å². The van der Waals surface area contributed by atoms with Crippen molar-refractivity contribution in [3.05, 3.63) is 59.7 Å². The number of hydrogen-bond acceptors (Lipinski definition) is 2. The molecule has 0 bridgehead atoms. The van der Waals surface area contributed by atoms with Gasteiger partial charge in [-0.1, -0.05) is 36.4 Å². The van der Waals surface area contributed by atoms with E-state index in [0.29, 0.717) is 23.2 Å². The number of hydrogen-bond donors (Lipinski definition) is 0. The fourth-order valence-electron chi connectivity index (χ4n) is 5.63. The molecule has 2 aromatic heterocycles. The Kier molecular flexibility index (Phi) is 3.35. The van der Waals surface area contributed by atoms with Gasteiger partial charge in [-0.05, 0) is 38.8 Å². The first-order valence-electron chi connectivity index (χ1n) is 10.5. The molecule has 1 aliphatic heterocycles. The standard InChI is InChI=1S/C26H20N4/c1-15-11-12-16(2)30-22-10-6-4-8-18(22)24-20(14-28)19(13-27)23-17-7-3-5-9-21(17)29(15)25(23)26(24)30/h3-10,15-16H,11-12H2,1-2H3. The molecule has 0 N–H and O–H groups in total. The number of para-hydroxylation sites is 2. The molecule has 144 valence electrons. The normalized spacial score (nSPS) is 18.7. The summed E-state index contributed by atoms with van der Waals surface area (Å²) in [4.78, 5) is 0. The Hall–Kier alpha value is -3.76. The van der Waals surface area contributed by atoms with E-state index in [2.05, 4.69) is 71.5 Å². The van der Waals surface area contributed by atoms with Crippen LogP contribution in [0.5, 0.6) is 0 Å². The summed E-state index contributed by atoms with van der Waals surface area (Å²) in [6.07, 6.45) is 2.12.